The number of carbonyl (C=O) groups excluding carboxylic acids is 1. The smallest absolute Gasteiger partial charge is 0.275 e. The van der Waals surface area contributed by atoms with Crippen LogP contribution in [0.2, 0.25) is 0 Å². The van der Waals surface area contributed by atoms with Crippen molar-refractivity contribution in [1.82, 2.24) is 5.43 Å². The van der Waals surface area contributed by atoms with Gasteiger partial charge in [-0.3, -0.25) is 4.79 Å². The molecule has 2 rings (SSSR count). The van der Waals surface area contributed by atoms with Gasteiger partial charge in [0.05, 0.1) is 18.9 Å². The highest BCUT2D eigenvalue weighted by Crippen LogP contribution is 2.22. The number of amides is 1. The second kappa shape index (κ2) is 7.13. The Morgan fingerprint density at radius 3 is 2.77 bits per heavy atom. The molecule has 0 atom stereocenters. The van der Waals surface area contributed by atoms with E-state index in [9.17, 15) is 4.79 Å². The van der Waals surface area contributed by atoms with E-state index >= 15 is 0 Å². The molecule has 0 aliphatic heterocycles. The molecule has 1 aromatic heterocycles. The van der Waals surface area contributed by atoms with Crippen molar-refractivity contribution in [2.24, 2.45) is 5.10 Å². The fourth-order valence-corrected chi connectivity index (χ4v) is 2.09. The van der Waals surface area contributed by atoms with Gasteiger partial charge in [-0.15, -0.1) is 0 Å². The number of furan rings is 1. The molecular formula is C15H16BrN3O3. The number of carbonyl (C=O) groups is 1. The molecule has 22 heavy (non-hydrogen) atoms. The summed E-state index contributed by atoms with van der Waals surface area (Å²) >= 11 is 3.32. The normalized spacial score (nSPS) is 10.7. The van der Waals surface area contributed by atoms with Crippen LogP contribution in [0.25, 0.3) is 0 Å². The summed E-state index contributed by atoms with van der Waals surface area (Å²) in [6.07, 6.45) is 1.44. The lowest BCUT2D eigenvalue weighted by molar-refractivity contribution is 0.0952. The van der Waals surface area contributed by atoms with Gasteiger partial charge in [0.1, 0.15) is 11.5 Å². The van der Waals surface area contributed by atoms with E-state index in [-0.39, 0.29) is 5.91 Å². The topological polar surface area (TPSA) is 67.1 Å². The molecule has 2 aromatic rings. The Morgan fingerprint density at radius 1 is 1.36 bits per heavy atom. The van der Waals surface area contributed by atoms with E-state index in [1.54, 1.807) is 24.3 Å². The molecule has 7 heteroatoms. The average molecular weight is 366 g/mol. The van der Waals surface area contributed by atoms with Crippen LogP contribution in [-0.2, 0) is 0 Å². The van der Waals surface area contributed by atoms with E-state index in [0.29, 0.717) is 23.0 Å². The monoisotopic (exact) mass is 365 g/mol. The lowest BCUT2D eigenvalue weighted by Gasteiger charge is -2.07. The van der Waals surface area contributed by atoms with Crippen molar-refractivity contribution in [3.8, 4) is 5.75 Å². The number of hydrogen-bond acceptors (Lipinski definition) is 5. The molecule has 0 fully saturated rings. The summed E-state index contributed by atoms with van der Waals surface area (Å²) in [6, 6.07) is 8.76. The Hall–Kier alpha value is -2.28. The average Bonchev–Trinajstić information content (AvgIpc) is 2.96. The summed E-state index contributed by atoms with van der Waals surface area (Å²) in [5, 5.41) is 3.89. The molecule has 0 radical (unpaired) electrons. The first-order valence-electron chi connectivity index (χ1n) is 6.45. The van der Waals surface area contributed by atoms with Crippen molar-refractivity contribution >= 4 is 33.9 Å². The molecule has 0 bridgehead atoms. The highest BCUT2D eigenvalue weighted by molar-refractivity contribution is 9.10. The molecule has 0 aliphatic rings. The highest BCUT2D eigenvalue weighted by Gasteiger charge is 2.12. The van der Waals surface area contributed by atoms with Gasteiger partial charge in [-0.2, -0.15) is 5.10 Å². The third-order valence-corrected chi connectivity index (χ3v) is 3.31. The summed E-state index contributed by atoms with van der Waals surface area (Å²) in [7, 11) is 5.26. The summed E-state index contributed by atoms with van der Waals surface area (Å²) in [5.74, 6) is 1.37. The first-order valence-corrected chi connectivity index (χ1v) is 7.24. The molecule has 6 nitrogen and oxygen atoms in total. The van der Waals surface area contributed by atoms with Crippen LogP contribution in [0.4, 0.5) is 5.88 Å². The van der Waals surface area contributed by atoms with Crippen LogP contribution < -0.4 is 15.1 Å². The van der Waals surface area contributed by atoms with E-state index in [1.165, 1.54) is 13.3 Å². The molecule has 0 saturated carbocycles. The molecular weight excluding hydrogens is 350 g/mol. The highest BCUT2D eigenvalue weighted by atomic mass is 79.9. The minimum atomic E-state index is -0.367. The maximum absolute atomic E-state index is 12.1. The van der Waals surface area contributed by atoms with Crippen molar-refractivity contribution in [3.05, 3.63) is 46.1 Å². The molecule has 0 aliphatic carbocycles. The third-order valence-electron chi connectivity index (χ3n) is 2.82. The SMILES string of the molecule is COc1ccc(Br)cc1C(=O)N/N=C\c1ccc(N(C)C)o1. The van der Waals surface area contributed by atoms with Crippen LogP contribution in [0.1, 0.15) is 16.1 Å². The molecule has 1 aromatic carbocycles. The predicted molar refractivity (Wildman–Crippen MR) is 88.8 cm³/mol. The molecule has 0 spiro atoms. The number of benzene rings is 1. The van der Waals surface area contributed by atoms with Gasteiger partial charge in [-0.1, -0.05) is 15.9 Å². The summed E-state index contributed by atoms with van der Waals surface area (Å²) < 4.78 is 11.4. The zero-order chi connectivity index (χ0) is 16.1. The van der Waals surface area contributed by atoms with Gasteiger partial charge in [0.15, 0.2) is 5.88 Å². The largest absolute Gasteiger partial charge is 0.496 e. The predicted octanol–water partition coefficient (Wildman–Crippen LogP) is 2.88. The van der Waals surface area contributed by atoms with Crippen LogP contribution in [0.15, 0.2) is 44.3 Å². The van der Waals surface area contributed by atoms with Gasteiger partial charge in [0.25, 0.3) is 5.91 Å². The van der Waals surface area contributed by atoms with Gasteiger partial charge < -0.3 is 14.1 Å². The van der Waals surface area contributed by atoms with E-state index in [0.717, 1.165) is 4.47 Å². The van der Waals surface area contributed by atoms with Crippen LogP contribution in [0.3, 0.4) is 0 Å². The Morgan fingerprint density at radius 2 is 2.14 bits per heavy atom. The molecule has 1 heterocycles. The number of ether oxygens (including phenoxy) is 1. The van der Waals surface area contributed by atoms with Crippen LogP contribution in [-0.4, -0.2) is 33.3 Å². The van der Waals surface area contributed by atoms with Crippen molar-refractivity contribution in [2.75, 3.05) is 26.1 Å². The Kier molecular flexibility index (Phi) is 5.21. The first kappa shape index (κ1) is 16.1. The second-order valence-electron chi connectivity index (χ2n) is 4.61. The van der Waals surface area contributed by atoms with Crippen LogP contribution >= 0.6 is 15.9 Å². The van der Waals surface area contributed by atoms with Crippen LogP contribution in [0, 0.1) is 0 Å². The second-order valence-corrected chi connectivity index (χ2v) is 5.53. The fraction of sp³-hybridized carbons (Fsp3) is 0.200. The number of nitrogens with one attached hydrogen (secondary N) is 1. The zero-order valence-electron chi connectivity index (χ0n) is 12.5. The number of hydrazone groups is 1. The van der Waals surface area contributed by atoms with Gasteiger partial charge in [0.2, 0.25) is 0 Å². The number of methoxy groups -OCH3 is 1. The number of hydrogen-bond donors (Lipinski definition) is 1. The minimum Gasteiger partial charge on any atom is -0.496 e. The molecule has 0 saturated heterocycles. The quantitative estimate of drug-likeness (QED) is 0.653. The standard InChI is InChI=1S/C15H16BrN3O3/c1-19(2)14-7-5-11(22-14)9-17-18-15(20)12-8-10(16)4-6-13(12)21-3/h4-9H,1-3H3,(H,18,20)/b17-9-. The maximum atomic E-state index is 12.1. The van der Waals surface area contributed by atoms with Crippen LogP contribution in [0.5, 0.6) is 5.75 Å². The third kappa shape index (κ3) is 3.88. The number of halogens is 1. The first-order chi connectivity index (χ1) is 10.5. The van der Waals surface area contributed by atoms with E-state index in [1.807, 2.05) is 25.1 Å². The molecule has 1 amide bonds. The Bertz CT molecular complexity index is 695. The summed E-state index contributed by atoms with van der Waals surface area (Å²) in [6.45, 7) is 0. The minimum absolute atomic E-state index is 0.367. The number of rotatable bonds is 5. The number of anilines is 1. The van der Waals surface area contributed by atoms with E-state index in [4.69, 9.17) is 9.15 Å². The Labute approximate surface area is 136 Å². The summed E-state index contributed by atoms with van der Waals surface area (Å²) in [4.78, 5) is 14.0. The van der Waals surface area contributed by atoms with Gasteiger partial charge in [0, 0.05) is 24.6 Å². The van der Waals surface area contributed by atoms with Gasteiger partial charge in [-0.25, -0.2) is 5.43 Å². The number of nitrogens with zero attached hydrogens (tertiary/aromatic N) is 2. The maximum Gasteiger partial charge on any atom is 0.275 e. The van der Waals surface area contributed by atoms with E-state index in [2.05, 4.69) is 26.5 Å². The van der Waals surface area contributed by atoms with Crippen molar-refractivity contribution in [2.45, 2.75) is 0 Å². The lowest BCUT2D eigenvalue weighted by atomic mass is 10.2. The van der Waals surface area contributed by atoms with Gasteiger partial charge in [-0.05, 0) is 24.3 Å². The molecule has 116 valence electrons. The lowest BCUT2D eigenvalue weighted by Crippen LogP contribution is -2.18. The molecule has 0 unspecified atom stereocenters. The van der Waals surface area contributed by atoms with Gasteiger partial charge >= 0.3 is 0 Å². The zero-order valence-corrected chi connectivity index (χ0v) is 14.0. The Balaban J connectivity index is 2.06. The van der Waals surface area contributed by atoms with Crippen molar-refractivity contribution in [3.63, 3.8) is 0 Å². The molecule has 1 N–H and O–H groups in total. The summed E-state index contributed by atoms with van der Waals surface area (Å²) in [5.41, 5.74) is 2.84. The van der Waals surface area contributed by atoms with Crippen molar-refractivity contribution in [1.29, 1.82) is 0 Å². The fourth-order valence-electron chi connectivity index (χ4n) is 1.72. The van der Waals surface area contributed by atoms with E-state index < -0.39 is 0 Å². The van der Waals surface area contributed by atoms with Crippen molar-refractivity contribution < 1.29 is 13.9 Å².